The fraction of sp³-hybridized carbons (Fsp3) is 0.784. The molecule has 48 heavy (non-hydrogen) atoms. The maximum Gasteiger partial charge on any atom is 0.472 e. The average Bonchev–Trinajstić information content (AvgIpc) is 3.07. The summed E-state index contributed by atoms with van der Waals surface area (Å²) in [5, 5.41) is 18.2. The van der Waals surface area contributed by atoms with Crippen molar-refractivity contribution in [2.45, 2.75) is 161 Å². The third-order valence-electron chi connectivity index (χ3n) is 7.55. The number of aliphatic hydroxyl groups excluding tert-OH is 2. The molecule has 3 N–H and O–H groups in total. The Morgan fingerprint density at radius 2 is 1.08 bits per heavy atom. The lowest BCUT2D eigenvalue weighted by atomic mass is 10.1. The van der Waals surface area contributed by atoms with E-state index in [1.165, 1.54) is 57.8 Å². The van der Waals surface area contributed by atoms with E-state index in [9.17, 15) is 24.2 Å². The Kier molecular flexibility index (Phi) is 32.4. The van der Waals surface area contributed by atoms with Gasteiger partial charge in [-0.1, -0.05) is 121 Å². The van der Waals surface area contributed by atoms with Gasteiger partial charge in [-0.15, -0.1) is 0 Å². The Balaban J connectivity index is 4.47. The molecule has 0 fully saturated rings. The maximum atomic E-state index is 12.5. The largest absolute Gasteiger partial charge is 0.472 e. The number of phosphoric ester groups is 1. The first-order valence-electron chi connectivity index (χ1n) is 18.4. The van der Waals surface area contributed by atoms with Gasteiger partial charge in [0.25, 0.3) is 0 Å². The number of hydrogen-bond acceptors (Lipinski definition) is 9. The van der Waals surface area contributed by atoms with E-state index in [4.69, 9.17) is 19.1 Å². The molecular weight excluding hydrogens is 635 g/mol. The molecule has 0 radical (unpaired) electrons. The van der Waals surface area contributed by atoms with Crippen molar-refractivity contribution in [2.75, 3.05) is 26.4 Å². The van der Waals surface area contributed by atoms with Crippen LogP contribution in [-0.4, -0.2) is 65.7 Å². The highest BCUT2D eigenvalue weighted by molar-refractivity contribution is 7.47. The molecule has 0 aliphatic rings. The Morgan fingerprint density at radius 3 is 1.67 bits per heavy atom. The van der Waals surface area contributed by atoms with Crippen LogP contribution in [-0.2, 0) is 32.7 Å². The van der Waals surface area contributed by atoms with Crippen LogP contribution in [0.5, 0.6) is 0 Å². The predicted molar refractivity (Wildman–Crippen MR) is 191 cm³/mol. The van der Waals surface area contributed by atoms with E-state index in [1.807, 2.05) is 0 Å². The molecule has 0 bridgehead atoms. The van der Waals surface area contributed by atoms with Gasteiger partial charge in [0.15, 0.2) is 6.10 Å². The standard InChI is InChI=1S/C37H67O10P/c1-3-5-7-9-11-13-15-16-17-18-19-21-23-25-27-29-37(41)47-35(33-46-48(42,43)45-31-34(39)30-38)32-44-36(40)28-26-24-22-20-14-12-10-8-6-4-2/h11,13,16-17,19,21,34-35,38-39H,3-10,12,14-15,18,20,22-33H2,1-2H3,(H,42,43)/b13-11-,17-16-,21-19-/t34-,35+/m0/s1. The van der Waals surface area contributed by atoms with Gasteiger partial charge in [0.05, 0.1) is 19.8 Å². The smallest absolute Gasteiger partial charge is 0.462 e. The van der Waals surface area contributed by atoms with E-state index in [0.29, 0.717) is 12.8 Å². The average molecular weight is 703 g/mol. The number of aliphatic hydroxyl groups is 2. The van der Waals surface area contributed by atoms with Crippen molar-refractivity contribution in [1.29, 1.82) is 0 Å². The zero-order valence-electron chi connectivity index (χ0n) is 29.9. The Bertz CT molecular complexity index is 905. The highest BCUT2D eigenvalue weighted by Gasteiger charge is 2.27. The monoisotopic (exact) mass is 702 g/mol. The molecule has 0 heterocycles. The first-order chi connectivity index (χ1) is 23.2. The van der Waals surface area contributed by atoms with Gasteiger partial charge < -0.3 is 24.6 Å². The summed E-state index contributed by atoms with van der Waals surface area (Å²) in [5.74, 6) is -0.973. The predicted octanol–water partition coefficient (Wildman–Crippen LogP) is 8.83. The Morgan fingerprint density at radius 1 is 0.625 bits per heavy atom. The topological polar surface area (TPSA) is 149 Å². The lowest BCUT2D eigenvalue weighted by Gasteiger charge is -2.20. The molecule has 0 aromatic carbocycles. The van der Waals surface area contributed by atoms with Crippen LogP contribution < -0.4 is 0 Å². The summed E-state index contributed by atoms with van der Waals surface area (Å²) in [4.78, 5) is 34.7. The number of carbonyl (C=O) groups is 2. The molecule has 11 heteroatoms. The molecule has 10 nitrogen and oxygen atoms in total. The van der Waals surface area contributed by atoms with Gasteiger partial charge in [0.1, 0.15) is 12.7 Å². The van der Waals surface area contributed by atoms with Crippen molar-refractivity contribution in [2.24, 2.45) is 0 Å². The fourth-order valence-corrected chi connectivity index (χ4v) is 5.43. The summed E-state index contributed by atoms with van der Waals surface area (Å²) >= 11 is 0. The summed E-state index contributed by atoms with van der Waals surface area (Å²) < 4.78 is 32.5. The second-order valence-electron chi connectivity index (χ2n) is 12.3. The minimum Gasteiger partial charge on any atom is -0.462 e. The van der Waals surface area contributed by atoms with Crippen LogP contribution in [0.15, 0.2) is 36.5 Å². The highest BCUT2D eigenvalue weighted by Crippen LogP contribution is 2.43. The molecule has 0 aliphatic heterocycles. The van der Waals surface area contributed by atoms with Crippen molar-refractivity contribution >= 4 is 19.8 Å². The molecule has 0 amide bonds. The van der Waals surface area contributed by atoms with Crippen LogP contribution in [0.3, 0.4) is 0 Å². The maximum absolute atomic E-state index is 12.5. The zero-order valence-corrected chi connectivity index (χ0v) is 30.8. The van der Waals surface area contributed by atoms with Crippen LogP contribution >= 0.6 is 7.82 Å². The van der Waals surface area contributed by atoms with Gasteiger partial charge in [0, 0.05) is 12.8 Å². The summed E-state index contributed by atoms with van der Waals surface area (Å²) in [6.45, 7) is 2.26. The minimum atomic E-state index is -4.62. The van der Waals surface area contributed by atoms with Crippen LogP contribution in [0.2, 0.25) is 0 Å². The van der Waals surface area contributed by atoms with Crippen molar-refractivity contribution in [3.8, 4) is 0 Å². The fourth-order valence-electron chi connectivity index (χ4n) is 4.64. The van der Waals surface area contributed by atoms with Gasteiger partial charge in [-0.25, -0.2) is 4.57 Å². The van der Waals surface area contributed by atoms with E-state index in [1.54, 1.807) is 0 Å². The number of unbranched alkanes of at least 4 members (excludes halogenated alkanes) is 14. The molecule has 0 spiro atoms. The second-order valence-corrected chi connectivity index (χ2v) is 13.7. The summed E-state index contributed by atoms with van der Waals surface area (Å²) in [7, 11) is -4.62. The van der Waals surface area contributed by atoms with Crippen molar-refractivity contribution in [3.05, 3.63) is 36.5 Å². The molecule has 0 aliphatic carbocycles. The lowest BCUT2D eigenvalue weighted by Crippen LogP contribution is -2.29. The van der Waals surface area contributed by atoms with E-state index in [0.717, 1.165) is 51.4 Å². The summed E-state index contributed by atoms with van der Waals surface area (Å²) in [6, 6.07) is 0. The Labute approximate surface area is 291 Å². The number of allylic oxidation sites excluding steroid dienone is 6. The van der Waals surface area contributed by atoms with Gasteiger partial charge in [-0.05, 0) is 51.4 Å². The normalized spacial score (nSPS) is 14.5. The number of carbonyl (C=O) groups excluding carboxylic acids is 2. The molecule has 0 saturated heterocycles. The van der Waals surface area contributed by atoms with E-state index in [2.05, 4.69) is 54.8 Å². The van der Waals surface area contributed by atoms with E-state index in [-0.39, 0.29) is 19.4 Å². The first-order valence-corrected chi connectivity index (χ1v) is 19.9. The summed E-state index contributed by atoms with van der Waals surface area (Å²) in [5.41, 5.74) is 0. The number of esters is 2. The van der Waals surface area contributed by atoms with Gasteiger partial charge in [-0.2, -0.15) is 0 Å². The highest BCUT2D eigenvalue weighted by atomic mass is 31.2. The molecule has 0 saturated carbocycles. The van der Waals surface area contributed by atoms with Crippen molar-refractivity contribution in [1.82, 2.24) is 0 Å². The molecule has 0 aromatic heterocycles. The van der Waals surface area contributed by atoms with Crippen molar-refractivity contribution in [3.63, 3.8) is 0 Å². The van der Waals surface area contributed by atoms with Gasteiger partial charge in [-0.3, -0.25) is 18.6 Å². The number of phosphoric acid groups is 1. The van der Waals surface area contributed by atoms with E-state index >= 15 is 0 Å². The first kappa shape index (κ1) is 46.2. The third-order valence-corrected chi connectivity index (χ3v) is 8.50. The SMILES string of the molecule is CCCCC/C=C\C/C=C\C/C=C\CCCCC(=O)O[C@H](COC(=O)CCCCCCCCCCCC)COP(=O)(O)OC[C@@H](O)CO. The second kappa shape index (κ2) is 33.7. The molecule has 1 unspecified atom stereocenters. The van der Waals surface area contributed by atoms with Crippen LogP contribution in [0.4, 0.5) is 0 Å². The molecule has 3 atom stereocenters. The van der Waals surface area contributed by atoms with Gasteiger partial charge >= 0.3 is 19.8 Å². The van der Waals surface area contributed by atoms with Crippen molar-refractivity contribution < 1.29 is 47.8 Å². The zero-order chi connectivity index (χ0) is 35.6. The number of hydrogen-bond donors (Lipinski definition) is 3. The third kappa shape index (κ3) is 32.7. The quantitative estimate of drug-likeness (QED) is 0.0257. The van der Waals surface area contributed by atoms with Gasteiger partial charge in [0.2, 0.25) is 0 Å². The minimum absolute atomic E-state index is 0.136. The van der Waals surface area contributed by atoms with Crippen LogP contribution in [0.25, 0.3) is 0 Å². The lowest BCUT2D eigenvalue weighted by molar-refractivity contribution is -0.161. The van der Waals surface area contributed by atoms with Crippen LogP contribution in [0, 0.1) is 0 Å². The number of rotatable bonds is 34. The summed E-state index contributed by atoms with van der Waals surface area (Å²) in [6.07, 6.45) is 31.2. The molecule has 0 aromatic rings. The van der Waals surface area contributed by atoms with E-state index < -0.39 is 51.8 Å². The molecule has 0 rings (SSSR count). The number of ether oxygens (including phenoxy) is 2. The van der Waals surface area contributed by atoms with Crippen LogP contribution in [0.1, 0.15) is 149 Å². The molecular formula is C37H67O10P. The Hall–Kier alpha value is -1.81. The molecule has 280 valence electrons.